The predicted molar refractivity (Wildman–Crippen MR) is 37.7 cm³/mol. The molecule has 2 aromatic rings. The molecule has 0 bridgehead atoms. The maximum Gasteiger partial charge on any atom is 0.435 e. The van der Waals surface area contributed by atoms with Crippen LogP contribution in [0.5, 0.6) is 0 Å². The molecule has 13 heavy (non-hydrogen) atoms. The zero-order chi connectivity index (χ0) is 9.47. The molecule has 2 rings (SSSR count). The van der Waals surface area contributed by atoms with E-state index in [0.717, 1.165) is 0 Å². The summed E-state index contributed by atoms with van der Waals surface area (Å²) in [5, 5.41) is 5.27. The molecule has 0 aliphatic rings. The summed E-state index contributed by atoms with van der Waals surface area (Å²) in [6.07, 6.45) is -3.17. The van der Waals surface area contributed by atoms with Crippen LogP contribution in [0.25, 0.3) is 11.0 Å². The highest BCUT2D eigenvalue weighted by molar-refractivity contribution is 5.77. The molecule has 0 aliphatic heterocycles. The molecule has 0 fully saturated rings. The standard InChI is InChI=1S/C7H3F3N3/c8-7(9,10)5-4-2-1-3-11-6(4)13-12-5/h2-3H,(H,11,12,13). The van der Waals surface area contributed by atoms with Gasteiger partial charge in [-0.1, -0.05) is 0 Å². The van der Waals surface area contributed by atoms with Gasteiger partial charge in [0.05, 0.1) is 5.39 Å². The lowest BCUT2D eigenvalue weighted by Gasteiger charge is -2.00. The van der Waals surface area contributed by atoms with E-state index in [2.05, 4.69) is 21.2 Å². The van der Waals surface area contributed by atoms with Crippen molar-refractivity contribution in [3.8, 4) is 0 Å². The minimum Gasteiger partial charge on any atom is -0.260 e. The average molecular weight is 186 g/mol. The van der Waals surface area contributed by atoms with Crippen LogP contribution >= 0.6 is 0 Å². The highest BCUT2D eigenvalue weighted by Gasteiger charge is 2.35. The van der Waals surface area contributed by atoms with Gasteiger partial charge >= 0.3 is 6.18 Å². The van der Waals surface area contributed by atoms with Gasteiger partial charge in [-0.15, -0.1) is 0 Å². The van der Waals surface area contributed by atoms with Gasteiger partial charge in [0.2, 0.25) is 0 Å². The number of aromatic amines is 1. The van der Waals surface area contributed by atoms with Crippen molar-refractivity contribution in [1.29, 1.82) is 0 Å². The summed E-state index contributed by atoms with van der Waals surface area (Å²) >= 11 is 0. The summed E-state index contributed by atoms with van der Waals surface area (Å²) < 4.78 is 36.7. The first kappa shape index (κ1) is 8.03. The van der Waals surface area contributed by atoms with Gasteiger partial charge < -0.3 is 0 Å². The number of H-pyrrole nitrogens is 1. The SMILES string of the molecule is FC(F)(F)c1n[nH]c2nc[c]cc12. The van der Waals surface area contributed by atoms with Gasteiger partial charge in [0.1, 0.15) is 0 Å². The number of halogens is 3. The molecule has 0 amide bonds. The fourth-order valence-corrected chi connectivity index (χ4v) is 1.02. The van der Waals surface area contributed by atoms with Crippen LogP contribution < -0.4 is 0 Å². The molecule has 6 heteroatoms. The third-order valence-electron chi connectivity index (χ3n) is 1.55. The molecule has 0 unspecified atom stereocenters. The number of aromatic nitrogens is 3. The Morgan fingerprint density at radius 3 is 2.85 bits per heavy atom. The Hall–Kier alpha value is -1.59. The zero-order valence-electron chi connectivity index (χ0n) is 6.18. The van der Waals surface area contributed by atoms with E-state index in [0.29, 0.717) is 0 Å². The number of hydrogen-bond acceptors (Lipinski definition) is 2. The molecule has 0 saturated heterocycles. The number of pyridine rings is 1. The Labute approximate surface area is 70.6 Å². The van der Waals surface area contributed by atoms with Crippen molar-refractivity contribution in [2.45, 2.75) is 6.18 Å². The molecule has 1 N–H and O–H groups in total. The van der Waals surface area contributed by atoms with Gasteiger partial charge in [-0.25, -0.2) is 4.98 Å². The van der Waals surface area contributed by atoms with Gasteiger partial charge in [-0.3, -0.25) is 5.10 Å². The Bertz CT molecular complexity index is 432. The Kier molecular flexibility index (Phi) is 1.51. The van der Waals surface area contributed by atoms with Gasteiger partial charge in [0, 0.05) is 12.3 Å². The topological polar surface area (TPSA) is 41.6 Å². The lowest BCUT2D eigenvalue weighted by atomic mass is 10.2. The molecule has 0 spiro atoms. The molecule has 2 heterocycles. The van der Waals surface area contributed by atoms with Crippen molar-refractivity contribution in [2.24, 2.45) is 0 Å². The van der Waals surface area contributed by atoms with Crippen molar-refractivity contribution in [2.75, 3.05) is 0 Å². The molecule has 0 atom stereocenters. The molecule has 1 radical (unpaired) electrons. The first-order chi connectivity index (χ1) is 6.09. The first-order valence-corrected chi connectivity index (χ1v) is 3.36. The summed E-state index contributed by atoms with van der Waals surface area (Å²) in [6.45, 7) is 0. The van der Waals surface area contributed by atoms with Crippen LogP contribution in [-0.4, -0.2) is 15.2 Å². The molecule has 0 aliphatic carbocycles. The number of alkyl halides is 3. The fraction of sp³-hybridized carbons (Fsp3) is 0.143. The maximum atomic E-state index is 12.2. The second-order valence-corrected chi connectivity index (χ2v) is 2.40. The van der Waals surface area contributed by atoms with Gasteiger partial charge in [0.15, 0.2) is 11.3 Å². The van der Waals surface area contributed by atoms with E-state index < -0.39 is 11.9 Å². The lowest BCUT2D eigenvalue weighted by molar-refractivity contribution is -0.139. The molecule has 67 valence electrons. The normalized spacial score (nSPS) is 12.2. The van der Waals surface area contributed by atoms with Crippen LogP contribution in [0.2, 0.25) is 0 Å². The van der Waals surface area contributed by atoms with Crippen LogP contribution in [0.4, 0.5) is 13.2 Å². The summed E-state index contributed by atoms with van der Waals surface area (Å²) in [6, 6.07) is 3.67. The largest absolute Gasteiger partial charge is 0.435 e. The highest BCUT2D eigenvalue weighted by atomic mass is 19.4. The van der Waals surface area contributed by atoms with E-state index >= 15 is 0 Å². The number of rotatable bonds is 0. The van der Waals surface area contributed by atoms with Crippen molar-refractivity contribution >= 4 is 11.0 Å². The third kappa shape index (κ3) is 1.24. The predicted octanol–water partition coefficient (Wildman–Crippen LogP) is 1.78. The molecule has 3 nitrogen and oxygen atoms in total. The average Bonchev–Trinajstić information content (AvgIpc) is 2.45. The van der Waals surface area contributed by atoms with Crippen LogP contribution in [0.1, 0.15) is 5.69 Å². The van der Waals surface area contributed by atoms with Gasteiger partial charge in [-0.05, 0) is 6.07 Å². The number of hydrogen-bond donors (Lipinski definition) is 1. The van der Waals surface area contributed by atoms with E-state index in [1.165, 1.54) is 12.3 Å². The maximum absolute atomic E-state index is 12.2. The van der Waals surface area contributed by atoms with E-state index in [9.17, 15) is 13.2 Å². The second kappa shape index (κ2) is 2.45. The monoisotopic (exact) mass is 186 g/mol. The summed E-state index contributed by atoms with van der Waals surface area (Å²) in [5.74, 6) is 0. The first-order valence-electron chi connectivity index (χ1n) is 3.36. The smallest absolute Gasteiger partial charge is 0.260 e. The Balaban J connectivity index is 2.72. The van der Waals surface area contributed by atoms with Gasteiger partial charge in [0.25, 0.3) is 0 Å². The van der Waals surface area contributed by atoms with Crippen molar-refractivity contribution in [3.05, 3.63) is 24.0 Å². The van der Waals surface area contributed by atoms with Crippen molar-refractivity contribution < 1.29 is 13.2 Å². The minimum absolute atomic E-state index is 0.0602. The lowest BCUT2D eigenvalue weighted by Crippen LogP contribution is -2.05. The van der Waals surface area contributed by atoms with E-state index in [4.69, 9.17) is 0 Å². The third-order valence-corrected chi connectivity index (χ3v) is 1.55. The second-order valence-electron chi connectivity index (χ2n) is 2.40. The van der Waals surface area contributed by atoms with Crippen molar-refractivity contribution in [1.82, 2.24) is 15.2 Å². The molecular formula is C7H3F3N3. The molecule has 0 saturated carbocycles. The van der Waals surface area contributed by atoms with E-state index in [-0.39, 0.29) is 11.0 Å². The minimum atomic E-state index is -4.45. The molecule has 2 aromatic heterocycles. The van der Waals surface area contributed by atoms with E-state index in [1.807, 2.05) is 0 Å². The van der Waals surface area contributed by atoms with Crippen LogP contribution in [0.3, 0.4) is 0 Å². The highest BCUT2D eigenvalue weighted by Crippen LogP contribution is 2.31. The number of fused-ring (bicyclic) bond motifs is 1. The fourth-order valence-electron chi connectivity index (χ4n) is 1.02. The van der Waals surface area contributed by atoms with Crippen LogP contribution in [0.15, 0.2) is 12.3 Å². The van der Waals surface area contributed by atoms with Crippen molar-refractivity contribution in [3.63, 3.8) is 0 Å². The summed E-state index contributed by atoms with van der Waals surface area (Å²) in [5.41, 5.74) is -0.835. The van der Waals surface area contributed by atoms with E-state index in [1.54, 1.807) is 0 Å². The zero-order valence-corrected chi connectivity index (χ0v) is 6.18. The quantitative estimate of drug-likeness (QED) is 0.681. The number of nitrogens with one attached hydrogen (secondary N) is 1. The van der Waals surface area contributed by atoms with Gasteiger partial charge in [-0.2, -0.15) is 18.3 Å². The van der Waals surface area contributed by atoms with Crippen LogP contribution in [-0.2, 0) is 6.18 Å². The van der Waals surface area contributed by atoms with Crippen LogP contribution in [0, 0.1) is 6.07 Å². The summed E-state index contributed by atoms with van der Waals surface area (Å²) in [7, 11) is 0. The summed E-state index contributed by atoms with van der Waals surface area (Å²) in [4.78, 5) is 3.64. The molecular weight excluding hydrogens is 183 g/mol. The molecule has 0 aromatic carbocycles. The Morgan fingerprint density at radius 1 is 1.38 bits per heavy atom. The number of nitrogens with zero attached hydrogens (tertiary/aromatic N) is 2. The Morgan fingerprint density at radius 2 is 2.15 bits per heavy atom.